The first-order chi connectivity index (χ1) is 14.0. The molecule has 1 unspecified atom stereocenters. The Hall–Kier alpha value is -2.55. The van der Waals surface area contributed by atoms with Crippen molar-refractivity contribution in [1.29, 1.82) is 0 Å². The third kappa shape index (κ3) is 5.50. The van der Waals surface area contributed by atoms with Crippen LogP contribution in [-0.2, 0) is 16.0 Å². The van der Waals surface area contributed by atoms with Gasteiger partial charge in [-0.25, -0.2) is 4.39 Å². The van der Waals surface area contributed by atoms with Crippen molar-refractivity contribution in [1.82, 2.24) is 10.2 Å². The molecule has 29 heavy (non-hydrogen) atoms. The molecule has 0 spiro atoms. The highest BCUT2D eigenvalue weighted by Crippen LogP contribution is 2.32. The first-order valence-corrected chi connectivity index (χ1v) is 10.1. The number of halogens is 1. The largest absolute Gasteiger partial charge is 0.394 e. The molecule has 3 rings (SSSR count). The molecule has 2 amide bonds. The van der Waals surface area contributed by atoms with Gasteiger partial charge in [0, 0.05) is 5.56 Å². The van der Waals surface area contributed by atoms with Gasteiger partial charge in [-0.2, -0.15) is 0 Å². The van der Waals surface area contributed by atoms with Crippen molar-refractivity contribution in [2.75, 3.05) is 13.2 Å². The van der Waals surface area contributed by atoms with Gasteiger partial charge in [0.15, 0.2) is 0 Å². The molecule has 1 aliphatic rings. The number of hydrogen-bond donors (Lipinski definition) is 2. The Kier molecular flexibility index (Phi) is 7.13. The molecule has 2 N–H and O–H groups in total. The van der Waals surface area contributed by atoms with Gasteiger partial charge in [0.1, 0.15) is 16.7 Å². The van der Waals surface area contributed by atoms with E-state index < -0.39 is 23.7 Å². The van der Waals surface area contributed by atoms with Crippen LogP contribution in [0.4, 0.5) is 4.39 Å². The minimum atomic E-state index is -0.475. The third-order valence-electron chi connectivity index (χ3n) is 4.28. The number of carbonyl (C=O) groups is 2. The van der Waals surface area contributed by atoms with E-state index in [4.69, 9.17) is 12.2 Å². The van der Waals surface area contributed by atoms with Crippen LogP contribution in [0.25, 0.3) is 6.08 Å². The summed E-state index contributed by atoms with van der Waals surface area (Å²) in [5.74, 6) is -1.31. The van der Waals surface area contributed by atoms with E-state index in [0.717, 1.165) is 17.3 Å². The Labute approximate surface area is 177 Å². The Morgan fingerprint density at radius 2 is 1.90 bits per heavy atom. The molecule has 0 aliphatic carbocycles. The van der Waals surface area contributed by atoms with Gasteiger partial charge in [0.25, 0.3) is 5.91 Å². The Balaban J connectivity index is 1.63. The smallest absolute Gasteiger partial charge is 0.266 e. The van der Waals surface area contributed by atoms with Crippen LogP contribution >= 0.6 is 24.0 Å². The van der Waals surface area contributed by atoms with Crippen LogP contribution in [0.15, 0.2) is 59.5 Å². The summed E-state index contributed by atoms with van der Waals surface area (Å²) >= 11 is 6.24. The fourth-order valence-electron chi connectivity index (χ4n) is 2.85. The van der Waals surface area contributed by atoms with Gasteiger partial charge in [-0.15, -0.1) is 0 Å². The number of thiocarbonyl (C=S) groups is 1. The van der Waals surface area contributed by atoms with Crippen LogP contribution in [-0.4, -0.2) is 45.3 Å². The van der Waals surface area contributed by atoms with Gasteiger partial charge < -0.3 is 10.4 Å². The van der Waals surface area contributed by atoms with Crippen LogP contribution in [0.5, 0.6) is 0 Å². The van der Waals surface area contributed by atoms with Crippen molar-refractivity contribution in [2.24, 2.45) is 0 Å². The van der Waals surface area contributed by atoms with Crippen LogP contribution < -0.4 is 5.32 Å². The van der Waals surface area contributed by atoms with E-state index in [2.05, 4.69) is 5.32 Å². The lowest BCUT2D eigenvalue weighted by molar-refractivity contribution is -0.129. The Morgan fingerprint density at radius 1 is 1.21 bits per heavy atom. The molecular weight excluding hydrogens is 411 g/mol. The van der Waals surface area contributed by atoms with Gasteiger partial charge in [-0.3, -0.25) is 14.5 Å². The lowest BCUT2D eigenvalue weighted by Gasteiger charge is -2.19. The molecule has 1 fully saturated rings. The molecule has 150 valence electrons. The second-order valence-electron chi connectivity index (χ2n) is 6.43. The van der Waals surface area contributed by atoms with Crippen molar-refractivity contribution in [2.45, 2.75) is 12.5 Å². The lowest BCUT2D eigenvalue weighted by atomic mass is 10.1. The highest BCUT2D eigenvalue weighted by molar-refractivity contribution is 8.26. The lowest BCUT2D eigenvalue weighted by Crippen LogP contribution is -2.45. The van der Waals surface area contributed by atoms with Gasteiger partial charge in [-0.05, 0) is 24.1 Å². The molecule has 8 heteroatoms. The maximum Gasteiger partial charge on any atom is 0.266 e. The minimum Gasteiger partial charge on any atom is -0.394 e. The van der Waals surface area contributed by atoms with Crippen LogP contribution in [0.3, 0.4) is 0 Å². The Bertz CT molecular complexity index is 950. The molecule has 2 aromatic rings. The number of benzene rings is 2. The molecule has 0 bridgehead atoms. The summed E-state index contributed by atoms with van der Waals surface area (Å²) in [7, 11) is 0. The maximum absolute atomic E-state index is 13.8. The maximum atomic E-state index is 13.8. The zero-order valence-corrected chi connectivity index (χ0v) is 17.0. The zero-order valence-electron chi connectivity index (χ0n) is 15.4. The molecule has 0 saturated carbocycles. The number of thioether (sulfide) groups is 1. The van der Waals surface area contributed by atoms with E-state index in [1.165, 1.54) is 17.0 Å². The number of amides is 2. The van der Waals surface area contributed by atoms with Gasteiger partial charge in [0.05, 0.1) is 17.6 Å². The normalized spacial score (nSPS) is 16.3. The van der Waals surface area contributed by atoms with E-state index in [-0.39, 0.29) is 27.9 Å². The van der Waals surface area contributed by atoms with E-state index in [0.29, 0.717) is 6.42 Å². The predicted octanol–water partition coefficient (Wildman–Crippen LogP) is 2.75. The average Bonchev–Trinajstić information content (AvgIpc) is 2.97. The van der Waals surface area contributed by atoms with Gasteiger partial charge in [0.2, 0.25) is 5.91 Å². The second kappa shape index (κ2) is 9.78. The summed E-state index contributed by atoms with van der Waals surface area (Å²) in [6, 6.07) is 15.1. The average molecular weight is 431 g/mol. The van der Waals surface area contributed by atoms with Crippen molar-refractivity contribution in [3.63, 3.8) is 0 Å². The van der Waals surface area contributed by atoms with Crippen LogP contribution in [0.2, 0.25) is 0 Å². The highest BCUT2D eigenvalue weighted by Gasteiger charge is 2.33. The predicted molar refractivity (Wildman–Crippen MR) is 115 cm³/mol. The SMILES string of the molecule is O=C(CN1C(=O)C(=Cc2ccccc2F)SC1=S)NC(CO)Cc1ccccc1. The van der Waals surface area contributed by atoms with Crippen molar-refractivity contribution < 1.29 is 19.1 Å². The number of nitrogens with one attached hydrogen (secondary N) is 1. The van der Waals surface area contributed by atoms with Crippen molar-refractivity contribution in [3.05, 3.63) is 76.4 Å². The monoisotopic (exact) mass is 430 g/mol. The number of nitrogens with zero attached hydrogens (tertiary/aromatic N) is 1. The summed E-state index contributed by atoms with van der Waals surface area (Å²) in [4.78, 5) is 26.5. The molecule has 2 aromatic carbocycles. The summed E-state index contributed by atoms with van der Waals surface area (Å²) in [6.45, 7) is -0.489. The van der Waals surface area contributed by atoms with E-state index >= 15 is 0 Å². The van der Waals surface area contributed by atoms with Crippen molar-refractivity contribution in [3.8, 4) is 0 Å². The quantitative estimate of drug-likeness (QED) is 0.522. The summed E-state index contributed by atoms with van der Waals surface area (Å²) < 4.78 is 14.1. The second-order valence-corrected chi connectivity index (χ2v) is 8.10. The Morgan fingerprint density at radius 3 is 2.59 bits per heavy atom. The number of rotatable bonds is 7. The summed E-state index contributed by atoms with van der Waals surface area (Å²) in [5, 5.41) is 12.3. The molecule has 1 aliphatic heterocycles. The van der Waals surface area contributed by atoms with Crippen LogP contribution in [0, 0.1) is 5.82 Å². The first kappa shape index (κ1) is 21.2. The topological polar surface area (TPSA) is 69.6 Å². The van der Waals surface area contributed by atoms with Gasteiger partial charge >= 0.3 is 0 Å². The van der Waals surface area contributed by atoms with E-state index in [1.54, 1.807) is 18.2 Å². The molecule has 5 nitrogen and oxygen atoms in total. The van der Waals surface area contributed by atoms with E-state index in [9.17, 15) is 19.1 Å². The number of aliphatic hydroxyl groups excluding tert-OH is 1. The molecule has 1 saturated heterocycles. The standard InChI is InChI=1S/C21H19FN2O3S2/c22-17-9-5-4-8-15(17)11-18-20(27)24(21(28)29-18)12-19(26)23-16(13-25)10-14-6-2-1-3-7-14/h1-9,11,16,25H,10,12-13H2,(H,23,26). The third-order valence-corrected chi connectivity index (χ3v) is 5.66. The fourth-order valence-corrected chi connectivity index (χ4v) is 4.09. The van der Waals surface area contributed by atoms with Gasteiger partial charge in [-0.1, -0.05) is 72.5 Å². The number of carbonyl (C=O) groups excluding carboxylic acids is 2. The summed E-state index contributed by atoms with van der Waals surface area (Å²) in [6.07, 6.45) is 1.90. The molecule has 0 aromatic heterocycles. The molecule has 1 heterocycles. The van der Waals surface area contributed by atoms with Crippen molar-refractivity contribution >= 4 is 46.2 Å². The number of aliphatic hydroxyl groups is 1. The van der Waals surface area contributed by atoms with E-state index in [1.807, 2.05) is 30.3 Å². The summed E-state index contributed by atoms with van der Waals surface area (Å²) in [5.41, 5.74) is 1.26. The fraction of sp³-hybridized carbons (Fsp3) is 0.190. The molecule has 0 radical (unpaired) electrons. The molecule has 1 atom stereocenters. The highest BCUT2D eigenvalue weighted by atomic mass is 32.2. The van der Waals surface area contributed by atoms with Crippen LogP contribution in [0.1, 0.15) is 11.1 Å². The number of hydrogen-bond acceptors (Lipinski definition) is 5. The molecular formula is C21H19FN2O3S2. The zero-order chi connectivity index (χ0) is 20.8. The first-order valence-electron chi connectivity index (χ1n) is 8.92. The minimum absolute atomic E-state index is 0.230.